The monoisotopic (exact) mass is 353 g/mol. The summed E-state index contributed by atoms with van der Waals surface area (Å²) < 4.78 is 5.84. The van der Waals surface area contributed by atoms with Gasteiger partial charge in [0.25, 0.3) is 0 Å². The van der Waals surface area contributed by atoms with Crippen LogP contribution in [0.1, 0.15) is 31.4 Å². The molecule has 26 heavy (non-hydrogen) atoms. The van der Waals surface area contributed by atoms with Gasteiger partial charge in [-0.25, -0.2) is 0 Å². The molecule has 1 heterocycles. The van der Waals surface area contributed by atoms with Crippen molar-refractivity contribution >= 4 is 17.1 Å². The van der Waals surface area contributed by atoms with Crippen LogP contribution in [-0.2, 0) is 4.74 Å². The van der Waals surface area contributed by atoms with Crippen molar-refractivity contribution in [3.63, 3.8) is 0 Å². The highest BCUT2D eigenvalue weighted by molar-refractivity contribution is 5.67. The Hall–Kier alpha value is -2.59. The Bertz CT molecular complexity index is 693. The fourth-order valence-electron chi connectivity index (χ4n) is 2.85. The van der Waals surface area contributed by atoms with E-state index in [1.807, 2.05) is 18.2 Å². The number of hydrazine groups is 1. The van der Waals surface area contributed by atoms with Gasteiger partial charge in [-0.2, -0.15) is 5.26 Å². The van der Waals surface area contributed by atoms with Gasteiger partial charge in [0.1, 0.15) is 0 Å². The van der Waals surface area contributed by atoms with Gasteiger partial charge < -0.3 is 15.4 Å². The Kier molecular flexibility index (Phi) is 8.43. The second-order valence-electron chi connectivity index (χ2n) is 5.90. The highest BCUT2D eigenvalue weighted by Gasteiger charge is 2.20. The van der Waals surface area contributed by atoms with E-state index in [2.05, 4.69) is 46.4 Å². The average Bonchev–Trinajstić information content (AvgIpc) is 3.18. The number of benzene rings is 2. The molecule has 1 aliphatic rings. The summed E-state index contributed by atoms with van der Waals surface area (Å²) in [5.74, 6) is 5.36. The zero-order chi connectivity index (χ0) is 18.6. The number of anilines is 3. The summed E-state index contributed by atoms with van der Waals surface area (Å²) in [5.41, 5.74) is 7.13. The topological polar surface area (TPSA) is 95.1 Å². The SMILES string of the molecule is CC#N.NNCCNc1cc(Nc2ccccc2)ccc1C1CCCO1. The summed E-state index contributed by atoms with van der Waals surface area (Å²) >= 11 is 0. The van der Waals surface area contributed by atoms with E-state index >= 15 is 0 Å². The second-order valence-corrected chi connectivity index (χ2v) is 5.90. The maximum absolute atomic E-state index is 7.32. The van der Waals surface area contributed by atoms with Crippen LogP contribution in [0.15, 0.2) is 48.5 Å². The number of ether oxygens (including phenoxy) is 1. The molecule has 0 spiro atoms. The van der Waals surface area contributed by atoms with Crippen molar-refractivity contribution in [3.8, 4) is 6.07 Å². The van der Waals surface area contributed by atoms with Crippen LogP contribution in [0, 0.1) is 11.3 Å². The van der Waals surface area contributed by atoms with Crippen LogP contribution in [0.25, 0.3) is 0 Å². The summed E-state index contributed by atoms with van der Waals surface area (Å²) in [5, 5.41) is 14.2. The molecule has 2 aromatic carbocycles. The molecule has 1 unspecified atom stereocenters. The molecule has 0 amide bonds. The molecule has 0 aliphatic carbocycles. The zero-order valence-corrected chi connectivity index (χ0v) is 15.2. The Labute approximate surface area is 155 Å². The van der Waals surface area contributed by atoms with Crippen molar-refractivity contribution in [2.75, 3.05) is 30.3 Å². The number of rotatable bonds is 7. The molecule has 6 nitrogen and oxygen atoms in total. The minimum atomic E-state index is 0.189. The van der Waals surface area contributed by atoms with Gasteiger partial charge in [-0.05, 0) is 37.1 Å². The van der Waals surface area contributed by atoms with E-state index < -0.39 is 0 Å². The van der Waals surface area contributed by atoms with Crippen LogP contribution in [0.2, 0.25) is 0 Å². The fourth-order valence-corrected chi connectivity index (χ4v) is 2.85. The Balaban J connectivity index is 0.000000758. The maximum Gasteiger partial charge on any atom is 0.0845 e. The van der Waals surface area contributed by atoms with Gasteiger partial charge in [-0.1, -0.05) is 24.3 Å². The molecule has 1 saturated heterocycles. The third-order valence-corrected chi connectivity index (χ3v) is 3.98. The van der Waals surface area contributed by atoms with Crippen molar-refractivity contribution in [1.82, 2.24) is 5.43 Å². The van der Waals surface area contributed by atoms with Gasteiger partial charge in [-0.3, -0.25) is 11.3 Å². The van der Waals surface area contributed by atoms with Crippen LogP contribution >= 0.6 is 0 Å². The molecule has 138 valence electrons. The molecular formula is C20H27N5O. The minimum Gasteiger partial charge on any atom is -0.383 e. The van der Waals surface area contributed by atoms with Crippen molar-refractivity contribution in [2.24, 2.45) is 5.84 Å². The lowest BCUT2D eigenvalue weighted by atomic mass is 10.0. The number of nitriles is 1. The first kappa shape index (κ1) is 19.7. The van der Waals surface area contributed by atoms with Gasteiger partial charge in [0.2, 0.25) is 0 Å². The van der Waals surface area contributed by atoms with Gasteiger partial charge in [0.05, 0.1) is 12.2 Å². The van der Waals surface area contributed by atoms with Crippen molar-refractivity contribution < 1.29 is 4.74 Å². The normalized spacial score (nSPS) is 15.5. The van der Waals surface area contributed by atoms with Crippen molar-refractivity contribution in [2.45, 2.75) is 25.9 Å². The van der Waals surface area contributed by atoms with E-state index in [0.29, 0.717) is 6.54 Å². The molecule has 5 N–H and O–H groups in total. The first-order chi connectivity index (χ1) is 12.8. The number of nitrogens with two attached hydrogens (primary N) is 1. The van der Waals surface area contributed by atoms with E-state index in [4.69, 9.17) is 15.8 Å². The Morgan fingerprint density at radius 3 is 2.58 bits per heavy atom. The molecular weight excluding hydrogens is 326 g/mol. The first-order valence-corrected chi connectivity index (χ1v) is 8.84. The first-order valence-electron chi connectivity index (χ1n) is 8.84. The van der Waals surface area contributed by atoms with E-state index in [1.54, 1.807) is 6.07 Å². The predicted octanol–water partition coefficient (Wildman–Crippen LogP) is 3.69. The highest BCUT2D eigenvalue weighted by atomic mass is 16.5. The Morgan fingerprint density at radius 2 is 1.92 bits per heavy atom. The van der Waals surface area contributed by atoms with Crippen LogP contribution in [0.5, 0.6) is 0 Å². The van der Waals surface area contributed by atoms with Gasteiger partial charge in [0, 0.05) is 49.2 Å². The summed E-state index contributed by atoms with van der Waals surface area (Å²) in [7, 11) is 0. The molecule has 1 fully saturated rings. The number of hydrogen-bond donors (Lipinski definition) is 4. The zero-order valence-electron chi connectivity index (χ0n) is 15.2. The molecule has 0 saturated carbocycles. The molecule has 6 heteroatoms. The van der Waals surface area contributed by atoms with Gasteiger partial charge in [0.15, 0.2) is 0 Å². The lowest BCUT2D eigenvalue weighted by molar-refractivity contribution is 0.112. The number of nitrogens with one attached hydrogen (secondary N) is 3. The highest BCUT2D eigenvalue weighted by Crippen LogP contribution is 2.35. The van der Waals surface area contributed by atoms with Crippen LogP contribution in [0.4, 0.5) is 17.1 Å². The summed E-state index contributed by atoms with van der Waals surface area (Å²) in [6, 6.07) is 18.3. The quantitative estimate of drug-likeness (QED) is 0.344. The lowest BCUT2D eigenvalue weighted by Crippen LogP contribution is -2.28. The third kappa shape index (κ3) is 6.05. The lowest BCUT2D eigenvalue weighted by Gasteiger charge is -2.18. The van der Waals surface area contributed by atoms with Crippen molar-refractivity contribution in [3.05, 3.63) is 54.1 Å². The smallest absolute Gasteiger partial charge is 0.0845 e. The largest absolute Gasteiger partial charge is 0.383 e. The molecule has 0 aromatic heterocycles. The standard InChI is InChI=1S/C18H24N4O.C2H3N/c19-21-11-10-20-17-13-15(22-14-5-2-1-3-6-14)8-9-16(17)18-7-4-12-23-18;1-2-3/h1-3,5-6,8-9,13,18,20-22H,4,7,10-12,19H2;1H3. The summed E-state index contributed by atoms with van der Waals surface area (Å²) in [4.78, 5) is 0. The van der Waals surface area contributed by atoms with E-state index in [-0.39, 0.29) is 6.10 Å². The van der Waals surface area contributed by atoms with E-state index in [9.17, 15) is 0 Å². The minimum absolute atomic E-state index is 0.189. The van der Waals surface area contributed by atoms with Gasteiger partial charge >= 0.3 is 0 Å². The molecule has 1 aliphatic heterocycles. The second kappa shape index (κ2) is 11.1. The summed E-state index contributed by atoms with van der Waals surface area (Å²) in [6.45, 7) is 3.75. The third-order valence-electron chi connectivity index (χ3n) is 3.98. The molecule has 0 radical (unpaired) electrons. The number of para-hydroxylation sites is 1. The van der Waals surface area contributed by atoms with E-state index in [0.717, 1.165) is 43.1 Å². The van der Waals surface area contributed by atoms with Crippen LogP contribution in [0.3, 0.4) is 0 Å². The number of hydrogen-bond acceptors (Lipinski definition) is 6. The maximum atomic E-state index is 7.32. The van der Waals surface area contributed by atoms with Crippen LogP contribution in [-0.4, -0.2) is 19.7 Å². The molecule has 1 atom stereocenters. The van der Waals surface area contributed by atoms with Gasteiger partial charge in [-0.15, -0.1) is 0 Å². The van der Waals surface area contributed by atoms with Crippen LogP contribution < -0.4 is 21.9 Å². The summed E-state index contributed by atoms with van der Waals surface area (Å²) in [6.07, 6.45) is 2.39. The Morgan fingerprint density at radius 1 is 1.15 bits per heavy atom. The molecule has 2 aromatic rings. The fraction of sp³-hybridized carbons (Fsp3) is 0.350. The van der Waals surface area contributed by atoms with Crippen molar-refractivity contribution in [1.29, 1.82) is 5.26 Å². The number of nitrogens with zero attached hydrogens (tertiary/aromatic N) is 1. The average molecular weight is 353 g/mol. The molecule has 0 bridgehead atoms. The predicted molar refractivity (Wildman–Crippen MR) is 106 cm³/mol. The molecule has 3 rings (SSSR count). The van der Waals surface area contributed by atoms with E-state index in [1.165, 1.54) is 12.5 Å².